The smallest absolute Gasteiger partial charge is 0.251 e. The van der Waals surface area contributed by atoms with Crippen molar-refractivity contribution in [3.63, 3.8) is 0 Å². The standard InChI is InChI=1S/C21H26N2O2/c24-20(23(19-12-13-19)18-3-1-2-4-18)14-7-15-5-8-16(9-6-15)21(25)22-17-10-11-17/h5-9,14,17-19H,1-4,10-13H2,(H,22,25)/b14-7+. The van der Waals surface area contributed by atoms with Crippen LogP contribution >= 0.6 is 0 Å². The molecule has 0 aliphatic heterocycles. The lowest BCUT2D eigenvalue weighted by atomic mass is 10.1. The third kappa shape index (κ3) is 4.12. The van der Waals surface area contributed by atoms with Gasteiger partial charge in [-0.1, -0.05) is 25.0 Å². The zero-order chi connectivity index (χ0) is 17.2. The lowest BCUT2D eigenvalue weighted by Gasteiger charge is -2.27. The van der Waals surface area contributed by atoms with E-state index >= 15 is 0 Å². The first-order valence-corrected chi connectivity index (χ1v) is 9.62. The van der Waals surface area contributed by atoms with Crippen molar-refractivity contribution in [2.24, 2.45) is 0 Å². The molecule has 1 aromatic carbocycles. The van der Waals surface area contributed by atoms with Gasteiger partial charge in [-0.2, -0.15) is 0 Å². The number of nitrogens with one attached hydrogen (secondary N) is 1. The van der Waals surface area contributed by atoms with Gasteiger partial charge in [0.15, 0.2) is 0 Å². The Morgan fingerprint density at radius 1 is 0.920 bits per heavy atom. The Kier molecular flexibility index (Phi) is 4.60. The maximum atomic E-state index is 12.7. The summed E-state index contributed by atoms with van der Waals surface area (Å²) in [5.74, 6) is 0.139. The van der Waals surface area contributed by atoms with Crippen molar-refractivity contribution in [2.45, 2.75) is 69.5 Å². The molecule has 3 aliphatic rings. The molecule has 0 heterocycles. The summed E-state index contributed by atoms with van der Waals surface area (Å²) in [5.41, 5.74) is 1.64. The van der Waals surface area contributed by atoms with E-state index in [1.807, 2.05) is 30.3 Å². The third-order valence-corrected chi connectivity index (χ3v) is 5.42. The summed E-state index contributed by atoms with van der Waals surface area (Å²) in [6.45, 7) is 0. The average molecular weight is 338 g/mol. The maximum Gasteiger partial charge on any atom is 0.251 e. The van der Waals surface area contributed by atoms with Crippen molar-refractivity contribution >= 4 is 17.9 Å². The van der Waals surface area contributed by atoms with Gasteiger partial charge < -0.3 is 10.2 Å². The van der Waals surface area contributed by atoms with E-state index in [0.29, 0.717) is 23.7 Å². The van der Waals surface area contributed by atoms with Crippen LogP contribution < -0.4 is 5.32 Å². The largest absolute Gasteiger partial charge is 0.349 e. The Labute approximate surface area is 149 Å². The summed E-state index contributed by atoms with van der Waals surface area (Å²) < 4.78 is 0. The molecule has 1 aromatic rings. The second-order valence-electron chi connectivity index (χ2n) is 7.62. The molecule has 1 N–H and O–H groups in total. The molecule has 25 heavy (non-hydrogen) atoms. The molecule has 3 fully saturated rings. The highest BCUT2D eigenvalue weighted by molar-refractivity contribution is 5.95. The van der Waals surface area contributed by atoms with E-state index in [0.717, 1.165) is 44.1 Å². The predicted octanol–water partition coefficient (Wildman–Crippen LogP) is 3.53. The molecule has 0 aromatic heterocycles. The molecule has 0 spiro atoms. The van der Waals surface area contributed by atoms with Gasteiger partial charge in [0.2, 0.25) is 5.91 Å². The molecule has 4 rings (SSSR count). The highest BCUT2D eigenvalue weighted by atomic mass is 16.2. The van der Waals surface area contributed by atoms with Crippen LogP contribution in [0.4, 0.5) is 0 Å². The fourth-order valence-electron chi connectivity index (χ4n) is 3.69. The minimum atomic E-state index is -0.00440. The number of rotatable bonds is 6. The minimum absolute atomic E-state index is 0.00440. The molecule has 3 aliphatic carbocycles. The Balaban J connectivity index is 1.38. The Bertz CT molecular complexity index is 666. The van der Waals surface area contributed by atoms with Crippen molar-refractivity contribution in [3.05, 3.63) is 41.5 Å². The van der Waals surface area contributed by atoms with Crippen molar-refractivity contribution in [1.29, 1.82) is 0 Å². The molecule has 2 amide bonds. The van der Waals surface area contributed by atoms with Gasteiger partial charge in [0.05, 0.1) is 0 Å². The van der Waals surface area contributed by atoms with E-state index in [2.05, 4.69) is 10.2 Å². The molecule has 0 unspecified atom stereocenters. The lowest BCUT2D eigenvalue weighted by Crippen LogP contribution is -2.39. The lowest BCUT2D eigenvalue weighted by molar-refractivity contribution is -0.128. The number of amides is 2. The van der Waals surface area contributed by atoms with Crippen molar-refractivity contribution in [2.75, 3.05) is 0 Å². The monoisotopic (exact) mass is 338 g/mol. The van der Waals surface area contributed by atoms with Crippen LogP contribution in [0.5, 0.6) is 0 Å². The van der Waals surface area contributed by atoms with Gasteiger partial charge in [-0.3, -0.25) is 9.59 Å². The predicted molar refractivity (Wildman–Crippen MR) is 98.1 cm³/mol. The van der Waals surface area contributed by atoms with Gasteiger partial charge in [-0.05, 0) is 62.3 Å². The minimum Gasteiger partial charge on any atom is -0.349 e. The van der Waals surface area contributed by atoms with E-state index in [-0.39, 0.29) is 11.8 Å². The summed E-state index contributed by atoms with van der Waals surface area (Å²) in [4.78, 5) is 26.8. The van der Waals surface area contributed by atoms with Crippen LogP contribution in [0.3, 0.4) is 0 Å². The molecule has 132 valence electrons. The summed E-state index contributed by atoms with van der Waals surface area (Å²) in [5, 5.41) is 2.99. The van der Waals surface area contributed by atoms with Crippen molar-refractivity contribution < 1.29 is 9.59 Å². The Morgan fingerprint density at radius 2 is 1.56 bits per heavy atom. The number of carbonyl (C=O) groups is 2. The molecule has 0 bridgehead atoms. The fourth-order valence-corrected chi connectivity index (χ4v) is 3.69. The van der Waals surface area contributed by atoms with Crippen LogP contribution in [0.2, 0.25) is 0 Å². The molecular weight excluding hydrogens is 312 g/mol. The van der Waals surface area contributed by atoms with Gasteiger partial charge in [-0.15, -0.1) is 0 Å². The number of hydrogen-bond acceptors (Lipinski definition) is 2. The quantitative estimate of drug-likeness (QED) is 0.807. The van der Waals surface area contributed by atoms with E-state index in [1.165, 1.54) is 12.8 Å². The number of carbonyl (C=O) groups excluding carboxylic acids is 2. The molecular formula is C21H26N2O2. The van der Waals surface area contributed by atoms with Gasteiger partial charge in [0, 0.05) is 29.8 Å². The molecule has 3 saturated carbocycles. The molecule has 4 nitrogen and oxygen atoms in total. The van der Waals surface area contributed by atoms with Crippen LogP contribution in [-0.4, -0.2) is 34.8 Å². The van der Waals surface area contributed by atoms with Gasteiger partial charge >= 0.3 is 0 Å². The molecule has 4 heteroatoms. The summed E-state index contributed by atoms with van der Waals surface area (Å²) in [6, 6.07) is 8.75. The van der Waals surface area contributed by atoms with Crippen LogP contribution in [0, 0.1) is 0 Å². The average Bonchev–Trinajstić information content (AvgIpc) is 3.55. The SMILES string of the molecule is O=C(NC1CC1)c1ccc(/C=C/C(=O)N(C2CCCC2)C2CC2)cc1. The van der Waals surface area contributed by atoms with Gasteiger partial charge in [0.1, 0.15) is 0 Å². The topological polar surface area (TPSA) is 49.4 Å². The summed E-state index contributed by atoms with van der Waals surface area (Å²) >= 11 is 0. The summed E-state index contributed by atoms with van der Waals surface area (Å²) in [7, 11) is 0. The molecule has 0 saturated heterocycles. The second kappa shape index (κ2) is 7.03. The number of benzene rings is 1. The van der Waals surface area contributed by atoms with E-state index in [9.17, 15) is 9.59 Å². The van der Waals surface area contributed by atoms with Crippen molar-refractivity contribution in [3.8, 4) is 0 Å². The molecule has 0 radical (unpaired) electrons. The van der Waals surface area contributed by atoms with Crippen LogP contribution in [0.1, 0.15) is 67.3 Å². The Hall–Kier alpha value is -2.10. The fraction of sp³-hybridized carbons (Fsp3) is 0.524. The van der Waals surface area contributed by atoms with E-state index in [4.69, 9.17) is 0 Å². The highest BCUT2D eigenvalue weighted by Gasteiger charge is 2.37. The number of nitrogens with zero attached hydrogens (tertiary/aromatic N) is 1. The van der Waals surface area contributed by atoms with Crippen LogP contribution in [0.25, 0.3) is 6.08 Å². The first-order valence-electron chi connectivity index (χ1n) is 9.62. The normalized spacial score (nSPS) is 20.8. The van der Waals surface area contributed by atoms with Crippen LogP contribution in [-0.2, 0) is 4.79 Å². The van der Waals surface area contributed by atoms with Crippen molar-refractivity contribution in [1.82, 2.24) is 10.2 Å². The van der Waals surface area contributed by atoms with E-state index in [1.54, 1.807) is 6.08 Å². The second-order valence-corrected chi connectivity index (χ2v) is 7.62. The van der Waals surface area contributed by atoms with E-state index < -0.39 is 0 Å². The first-order chi connectivity index (χ1) is 12.2. The molecule has 0 atom stereocenters. The summed E-state index contributed by atoms with van der Waals surface area (Å²) in [6.07, 6.45) is 12.9. The maximum absolute atomic E-state index is 12.7. The van der Waals surface area contributed by atoms with Gasteiger partial charge in [0.25, 0.3) is 5.91 Å². The highest BCUT2D eigenvalue weighted by Crippen LogP contribution is 2.34. The number of hydrogen-bond donors (Lipinski definition) is 1. The zero-order valence-corrected chi connectivity index (χ0v) is 14.6. The Morgan fingerprint density at radius 3 is 2.16 bits per heavy atom. The zero-order valence-electron chi connectivity index (χ0n) is 14.6. The van der Waals surface area contributed by atoms with Gasteiger partial charge in [-0.25, -0.2) is 0 Å². The van der Waals surface area contributed by atoms with Crippen LogP contribution in [0.15, 0.2) is 30.3 Å². The third-order valence-electron chi connectivity index (χ3n) is 5.42. The first kappa shape index (κ1) is 16.4.